The predicted molar refractivity (Wildman–Crippen MR) is 93.7 cm³/mol. The van der Waals surface area contributed by atoms with E-state index in [-0.39, 0.29) is 11.5 Å². The highest BCUT2D eigenvalue weighted by Gasteiger charge is 2.34. The van der Waals surface area contributed by atoms with Gasteiger partial charge < -0.3 is 0 Å². The fourth-order valence-corrected chi connectivity index (χ4v) is 2.59. The van der Waals surface area contributed by atoms with E-state index in [1.807, 2.05) is 56.3 Å². The zero-order valence-corrected chi connectivity index (χ0v) is 14.3. The Morgan fingerprint density at radius 3 is 2.35 bits per heavy atom. The highest BCUT2D eigenvalue weighted by atomic mass is 79.9. The first-order valence-electron chi connectivity index (χ1n) is 7.15. The number of halogens is 1. The van der Waals surface area contributed by atoms with Gasteiger partial charge in [0.25, 0.3) is 11.8 Å². The minimum Gasteiger partial charge on any atom is -0.267 e. The van der Waals surface area contributed by atoms with Gasteiger partial charge in [-0.2, -0.15) is 0 Å². The molecule has 3 rings (SSSR count). The fourth-order valence-electron chi connectivity index (χ4n) is 2.33. The molecule has 0 aromatic heterocycles. The standard InChI is InChI=1S/C18H15BrN2O2/c1-11-3-8-15(9-12(11)2)21-18(23)16(17(22)20-21)10-13-4-6-14(19)7-5-13/h3-10H,1-2H3,(H,20,22)/b16-10-. The largest absolute Gasteiger partial charge is 0.282 e. The quantitative estimate of drug-likeness (QED) is 0.649. The summed E-state index contributed by atoms with van der Waals surface area (Å²) in [7, 11) is 0. The average Bonchev–Trinajstić information content (AvgIpc) is 2.80. The zero-order valence-electron chi connectivity index (χ0n) is 12.8. The van der Waals surface area contributed by atoms with Gasteiger partial charge in [0.05, 0.1) is 5.69 Å². The van der Waals surface area contributed by atoms with Gasteiger partial charge in [-0.3, -0.25) is 15.0 Å². The van der Waals surface area contributed by atoms with Crippen LogP contribution in [0.1, 0.15) is 16.7 Å². The Kier molecular flexibility index (Phi) is 4.05. The van der Waals surface area contributed by atoms with Crippen molar-refractivity contribution in [2.45, 2.75) is 13.8 Å². The van der Waals surface area contributed by atoms with Crippen molar-refractivity contribution in [1.29, 1.82) is 0 Å². The number of benzene rings is 2. The third-order valence-corrected chi connectivity index (χ3v) is 4.35. The van der Waals surface area contributed by atoms with E-state index in [0.29, 0.717) is 5.69 Å². The molecular formula is C18H15BrN2O2. The van der Waals surface area contributed by atoms with Crippen LogP contribution in [0.2, 0.25) is 0 Å². The van der Waals surface area contributed by atoms with Crippen molar-refractivity contribution < 1.29 is 9.59 Å². The van der Waals surface area contributed by atoms with E-state index < -0.39 is 5.91 Å². The van der Waals surface area contributed by atoms with Crippen molar-refractivity contribution in [3.63, 3.8) is 0 Å². The molecule has 116 valence electrons. The summed E-state index contributed by atoms with van der Waals surface area (Å²) in [4.78, 5) is 24.7. The van der Waals surface area contributed by atoms with Crippen molar-refractivity contribution in [3.8, 4) is 0 Å². The van der Waals surface area contributed by atoms with Gasteiger partial charge >= 0.3 is 0 Å². The Hall–Kier alpha value is -2.40. The van der Waals surface area contributed by atoms with Gasteiger partial charge in [0.2, 0.25) is 0 Å². The number of carbonyl (C=O) groups is 2. The van der Waals surface area contributed by atoms with Crippen LogP contribution in [0.3, 0.4) is 0 Å². The van der Waals surface area contributed by atoms with Crippen LogP contribution in [0.4, 0.5) is 5.69 Å². The van der Waals surface area contributed by atoms with E-state index in [4.69, 9.17) is 0 Å². The summed E-state index contributed by atoms with van der Waals surface area (Å²) in [6, 6.07) is 13.1. The third kappa shape index (κ3) is 3.05. The molecule has 1 fully saturated rings. The maximum absolute atomic E-state index is 12.5. The van der Waals surface area contributed by atoms with Gasteiger partial charge in [-0.05, 0) is 60.9 Å². The lowest BCUT2D eigenvalue weighted by atomic mass is 10.1. The highest BCUT2D eigenvalue weighted by molar-refractivity contribution is 9.10. The Bertz CT molecular complexity index is 825. The molecule has 0 saturated carbocycles. The number of anilines is 1. The van der Waals surface area contributed by atoms with E-state index in [2.05, 4.69) is 21.4 Å². The number of hydrogen-bond acceptors (Lipinski definition) is 2. The Labute approximate surface area is 142 Å². The Balaban J connectivity index is 1.93. The van der Waals surface area contributed by atoms with E-state index in [9.17, 15) is 9.59 Å². The van der Waals surface area contributed by atoms with Gasteiger partial charge in [-0.15, -0.1) is 0 Å². The molecule has 5 heteroatoms. The zero-order chi connectivity index (χ0) is 16.6. The third-order valence-electron chi connectivity index (χ3n) is 3.82. The molecule has 0 aliphatic carbocycles. The first-order chi connectivity index (χ1) is 11.0. The molecule has 1 heterocycles. The van der Waals surface area contributed by atoms with Crippen molar-refractivity contribution in [1.82, 2.24) is 5.43 Å². The number of nitrogens with zero attached hydrogens (tertiary/aromatic N) is 1. The summed E-state index contributed by atoms with van der Waals surface area (Å²) in [5.74, 6) is -0.739. The van der Waals surface area contributed by atoms with Crippen LogP contribution < -0.4 is 10.4 Å². The van der Waals surface area contributed by atoms with Crippen molar-refractivity contribution in [3.05, 3.63) is 69.2 Å². The highest BCUT2D eigenvalue weighted by Crippen LogP contribution is 2.24. The summed E-state index contributed by atoms with van der Waals surface area (Å²) >= 11 is 3.36. The number of carbonyl (C=O) groups excluding carboxylic acids is 2. The van der Waals surface area contributed by atoms with E-state index in [1.54, 1.807) is 6.08 Å². The fraction of sp³-hybridized carbons (Fsp3) is 0.111. The summed E-state index contributed by atoms with van der Waals surface area (Å²) in [6.07, 6.45) is 1.60. The second kappa shape index (κ2) is 6.01. The second-order valence-corrected chi connectivity index (χ2v) is 6.38. The Morgan fingerprint density at radius 1 is 1.00 bits per heavy atom. The molecule has 0 atom stereocenters. The monoisotopic (exact) mass is 370 g/mol. The SMILES string of the molecule is Cc1ccc(N2NC(=O)/C(=C/c3ccc(Br)cc3)C2=O)cc1C. The van der Waals surface area contributed by atoms with Crippen LogP contribution >= 0.6 is 15.9 Å². The summed E-state index contributed by atoms with van der Waals surface area (Å²) in [5, 5.41) is 1.29. The van der Waals surface area contributed by atoms with Crippen LogP contribution in [0.5, 0.6) is 0 Å². The van der Waals surface area contributed by atoms with Gasteiger partial charge in [0.15, 0.2) is 0 Å². The molecule has 1 aliphatic rings. The molecular weight excluding hydrogens is 356 g/mol. The molecule has 1 saturated heterocycles. The second-order valence-electron chi connectivity index (χ2n) is 5.46. The van der Waals surface area contributed by atoms with Crippen LogP contribution in [0.15, 0.2) is 52.5 Å². The van der Waals surface area contributed by atoms with Crippen LogP contribution in [0.25, 0.3) is 6.08 Å². The number of hydrazine groups is 1. The summed E-state index contributed by atoms with van der Waals surface area (Å²) < 4.78 is 0.943. The van der Waals surface area contributed by atoms with Crippen molar-refractivity contribution in [2.75, 3.05) is 5.01 Å². The molecule has 2 amide bonds. The minimum atomic E-state index is -0.392. The maximum atomic E-state index is 12.5. The number of nitrogens with one attached hydrogen (secondary N) is 1. The first kappa shape index (κ1) is 15.5. The lowest BCUT2D eigenvalue weighted by molar-refractivity contribution is -0.117. The van der Waals surface area contributed by atoms with Gasteiger partial charge in [0, 0.05) is 4.47 Å². The number of rotatable bonds is 2. The van der Waals surface area contributed by atoms with Gasteiger partial charge in [0.1, 0.15) is 5.57 Å². The van der Waals surface area contributed by atoms with Gasteiger partial charge in [-0.25, -0.2) is 5.01 Å². The van der Waals surface area contributed by atoms with E-state index >= 15 is 0 Å². The topological polar surface area (TPSA) is 49.4 Å². The lowest BCUT2D eigenvalue weighted by Crippen LogP contribution is -2.35. The Morgan fingerprint density at radius 2 is 1.70 bits per heavy atom. The predicted octanol–water partition coefficient (Wildman–Crippen LogP) is 3.53. The first-order valence-corrected chi connectivity index (χ1v) is 7.95. The summed E-state index contributed by atoms with van der Waals surface area (Å²) in [5.41, 5.74) is 6.40. The number of aryl methyl sites for hydroxylation is 2. The van der Waals surface area contributed by atoms with E-state index in [1.165, 1.54) is 5.01 Å². The molecule has 2 aromatic carbocycles. The molecule has 23 heavy (non-hydrogen) atoms. The van der Waals surface area contributed by atoms with Crippen LogP contribution in [0, 0.1) is 13.8 Å². The van der Waals surface area contributed by atoms with Crippen molar-refractivity contribution >= 4 is 39.5 Å². The summed E-state index contributed by atoms with van der Waals surface area (Å²) in [6.45, 7) is 3.97. The molecule has 0 radical (unpaired) electrons. The number of hydrogen-bond donors (Lipinski definition) is 1. The normalized spacial score (nSPS) is 16.1. The molecule has 1 N–H and O–H groups in total. The molecule has 0 bridgehead atoms. The molecule has 0 spiro atoms. The maximum Gasteiger partial charge on any atom is 0.282 e. The smallest absolute Gasteiger partial charge is 0.267 e. The molecule has 2 aromatic rings. The van der Waals surface area contributed by atoms with Crippen LogP contribution in [-0.4, -0.2) is 11.8 Å². The molecule has 1 aliphatic heterocycles. The van der Waals surface area contributed by atoms with E-state index in [0.717, 1.165) is 21.2 Å². The van der Waals surface area contributed by atoms with Crippen LogP contribution in [-0.2, 0) is 9.59 Å². The van der Waals surface area contributed by atoms with Gasteiger partial charge in [-0.1, -0.05) is 34.1 Å². The van der Waals surface area contributed by atoms with Crippen molar-refractivity contribution in [2.24, 2.45) is 0 Å². The lowest BCUT2D eigenvalue weighted by Gasteiger charge is -2.15. The number of amides is 2. The average molecular weight is 371 g/mol. The minimum absolute atomic E-state index is 0.130. The molecule has 0 unspecified atom stereocenters. The molecule has 4 nitrogen and oxygen atoms in total.